The highest BCUT2D eigenvalue weighted by atomic mass is 32.2. The van der Waals surface area contributed by atoms with Gasteiger partial charge in [-0.05, 0) is 38.0 Å². The van der Waals surface area contributed by atoms with Crippen molar-refractivity contribution >= 4 is 22.6 Å². The number of carbonyl (C=O) groups excluding carboxylic acids is 2. The number of nitrogens with zero attached hydrogens (tertiary/aromatic N) is 1. The standard InChI is InChI=1S/C15H26N2O3S/c1-9(2)13-14(18)16-12(11-5-6-11)15(19)17(13)10(3)7-8-21(4)20/h9-13H,5-8H2,1-4H3,(H,16,18). The first-order valence-electron chi connectivity index (χ1n) is 7.75. The molecular formula is C15H26N2O3S. The fraction of sp³-hybridized carbons (Fsp3) is 0.867. The fourth-order valence-electron chi connectivity index (χ4n) is 3.06. The Hall–Kier alpha value is -0.910. The van der Waals surface area contributed by atoms with Gasteiger partial charge in [0.25, 0.3) is 0 Å². The molecule has 0 aromatic rings. The van der Waals surface area contributed by atoms with Gasteiger partial charge >= 0.3 is 0 Å². The zero-order chi connectivity index (χ0) is 15.7. The van der Waals surface area contributed by atoms with Crippen LogP contribution in [0.15, 0.2) is 0 Å². The van der Waals surface area contributed by atoms with Crippen LogP contribution in [0.5, 0.6) is 0 Å². The van der Waals surface area contributed by atoms with Crippen molar-refractivity contribution in [2.24, 2.45) is 11.8 Å². The van der Waals surface area contributed by atoms with Crippen molar-refractivity contribution in [1.82, 2.24) is 10.2 Å². The smallest absolute Gasteiger partial charge is 0.246 e. The first kappa shape index (κ1) is 16.5. The summed E-state index contributed by atoms with van der Waals surface area (Å²) in [4.78, 5) is 27.0. The fourth-order valence-corrected chi connectivity index (χ4v) is 3.74. The lowest BCUT2D eigenvalue weighted by Gasteiger charge is -2.44. The van der Waals surface area contributed by atoms with Crippen LogP contribution >= 0.6 is 0 Å². The Bertz CT molecular complexity index is 448. The van der Waals surface area contributed by atoms with Crippen LogP contribution in [0.4, 0.5) is 0 Å². The van der Waals surface area contributed by atoms with E-state index in [2.05, 4.69) is 5.32 Å². The van der Waals surface area contributed by atoms with Gasteiger partial charge in [0.15, 0.2) is 0 Å². The monoisotopic (exact) mass is 314 g/mol. The van der Waals surface area contributed by atoms with Crippen molar-refractivity contribution in [3.8, 4) is 0 Å². The summed E-state index contributed by atoms with van der Waals surface area (Å²) in [6, 6.07) is -0.809. The molecule has 21 heavy (non-hydrogen) atoms. The Labute approximate surface area is 129 Å². The maximum absolute atomic E-state index is 12.8. The molecule has 0 bridgehead atoms. The summed E-state index contributed by atoms with van der Waals surface area (Å²) in [6.07, 6.45) is 4.38. The van der Waals surface area contributed by atoms with Gasteiger partial charge in [-0.3, -0.25) is 13.8 Å². The predicted molar refractivity (Wildman–Crippen MR) is 83.1 cm³/mol. The van der Waals surface area contributed by atoms with Gasteiger partial charge in [0.05, 0.1) is 0 Å². The lowest BCUT2D eigenvalue weighted by atomic mass is 9.93. The van der Waals surface area contributed by atoms with Gasteiger partial charge in [0, 0.05) is 28.9 Å². The number of nitrogens with one attached hydrogen (secondary N) is 1. The van der Waals surface area contributed by atoms with E-state index < -0.39 is 16.8 Å². The first-order valence-corrected chi connectivity index (χ1v) is 9.48. The molecule has 1 aliphatic heterocycles. The van der Waals surface area contributed by atoms with E-state index in [1.165, 1.54) is 0 Å². The number of carbonyl (C=O) groups is 2. The highest BCUT2D eigenvalue weighted by Crippen LogP contribution is 2.36. The van der Waals surface area contributed by atoms with Crippen molar-refractivity contribution < 1.29 is 13.8 Å². The van der Waals surface area contributed by atoms with Crippen LogP contribution < -0.4 is 5.32 Å². The van der Waals surface area contributed by atoms with Crippen molar-refractivity contribution in [3.63, 3.8) is 0 Å². The average molecular weight is 314 g/mol. The van der Waals surface area contributed by atoms with Gasteiger partial charge in [-0.2, -0.15) is 0 Å². The molecule has 2 rings (SSSR count). The van der Waals surface area contributed by atoms with Crippen molar-refractivity contribution in [1.29, 1.82) is 0 Å². The topological polar surface area (TPSA) is 66.5 Å². The zero-order valence-electron chi connectivity index (χ0n) is 13.3. The molecule has 4 atom stereocenters. The van der Waals surface area contributed by atoms with Gasteiger partial charge in [-0.25, -0.2) is 0 Å². The number of hydrogen-bond acceptors (Lipinski definition) is 3. The van der Waals surface area contributed by atoms with Crippen LogP contribution in [0, 0.1) is 11.8 Å². The normalized spacial score (nSPS) is 29.5. The van der Waals surface area contributed by atoms with Gasteiger partial charge < -0.3 is 10.2 Å². The molecule has 0 aromatic carbocycles. The molecule has 0 radical (unpaired) electrons. The SMILES string of the molecule is CC(C)C1C(=O)NC(C2CC2)C(=O)N1C(C)CCS(C)=O. The molecule has 4 unspecified atom stereocenters. The van der Waals surface area contributed by atoms with Crippen LogP contribution in [-0.2, 0) is 20.4 Å². The Kier molecular flexibility index (Phi) is 5.07. The van der Waals surface area contributed by atoms with E-state index in [4.69, 9.17) is 0 Å². The highest BCUT2D eigenvalue weighted by Gasteiger charge is 2.48. The molecule has 2 fully saturated rings. The van der Waals surface area contributed by atoms with Crippen molar-refractivity contribution in [3.05, 3.63) is 0 Å². The summed E-state index contributed by atoms with van der Waals surface area (Å²) in [6.45, 7) is 5.89. The molecule has 1 saturated carbocycles. The molecule has 1 aliphatic carbocycles. The Balaban J connectivity index is 2.18. The third-order valence-corrected chi connectivity index (χ3v) is 5.22. The van der Waals surface area contributed by atoms with Gasteiger partial charge in [-0.1, -0.05) is 13.8 Å². The average Bonchev–Trinajstić information content (AvgIpc) is 3.21. The Morgan fingerprint density at radius 3 is 2.38 bits per heavy atom. The number of rotatable bonds is 6. The van der Waals surface area contributed by atoms with Crippen LogP contribution in [-0.4, -0.2) is 51.1 Å². The molecule has 6 heteroatoms. The quantitative estimate of drug-likeness (QED) is 0.792. The van der Waals surface area contributed by atoms with Gasteiger partial charge in [0.1, 0.15) is 12.1 Å². The molecular weight excluding hydrogens is 288 g/mol. The van der Waals surface area contributed by atoms with Crippen LogP contribution in [0.3, 0.4) is 0 Å². The minimum Gasteiger partial charge on any atom is -0.342 e. The van der Waals surface area contributed by atoms with Crippen LogP contribution in [0.25, 0.3) is 0 Å². The molecule has 0 aromatic heterocycles. The molecule has 2 aliphatic rings. The van der Waals surface area contributed by atoms with Gasteiger partial charge in [0.2, 0.25) is 11.8 Å². The predicted octanol–water partition coefficient (Wildman–Crippen LogP) is 0.905. The highest BCUT2D eigenvalue weighted by molar-refractivity contribution is 7.84. The third-order valence-electron chi connectivity index (χ3n) is 4.41. The first-order chi connectivity index (χ1) is 9.82. The molecule has 120 valence electrons. The van der Waals surface area contributed by atoms with E-state index in [1.54, 1.807) is 11.2 Å². The van der Waals surface area contributed by atoms with E-state index in [0.717, 1.165) is 12.8 Å². The minimum absolute atomic E-state index is 0.0361. The van der Waals surface area contributed by atoms with Gasteiger partial charge in [-0.15, -0.1) is 0 Å². The summed E-state index contributed by atoms with van der Waals surface area (Å²) < 4.78 is 11.3. The van der Waals surface area contributed by atoms with E-state index in [-0.39, 0.29) is 29.8 Å². The summed E-state index contributed by atoms with van der Waals surface area (Å²) in [5, 5.41) is 2.92. The molecule has 5 nitrogen and oxygen atoms in total. The van der Waals surface area contributed by atoms with E-state index >= 15 is 0 Å². The van der Waals surface area contributed by atoms with Crippen molar-refractivity contribution in [2.75, 3.05) is 12.0 Å². The second-order valence-corrected chi connectivity index (χ2v) is 8.23. The minimum atomic E-state index is -0.876. The lowest BCUT2D eigenvalue weighted by molar-refractivity contribution is -0.154. The molecule has 2 amide bonds. The Morgan fingerprint density at radius 2 is 1.90 bits per heavy atom. The van der Waals surface area contributed by atoms with Crippen LogP contribution in [0.1, 0.15) is 40.0 Å². The summed E-state index contributed by atoms with van der Waals surface area (Å²) in [5.41, 5.74) is 0. The van der Waals surface area contributed by atoms with E-state index in [9.17, 15) is 13.8 Å². The number of hydrogen-bond donors (Lipinski definition) is 1. The van der Waals surface area contributed by atoms with E-state index in [1.807, 2.05) is 20.8 Å². The maximum atomic E-state index is 12.8. The largest absolute Gasteiger partial charge is 0.342 e. The van der Waals surface area contributed by atoms with Crippen LogP contribution in [0.2, 0.25) is 0 Å². The molecule has 1 heterocycles. The summed E-state index contributed by atoms with van der Waals surface area (Å²) >= 11 is 0. The molecule has 1 saturated heterocycles. The maximum Gasteiger partial charge on any atom is 0.246 e. The lowest BCUT2D eigenvalue weighted by Crippen LogP contribution is -2.67. The Morgan fingerprint density at radius 1 is 1.29 bits per heavy atom. The second-order valence-electron chi connectivity index (χ2n) is 6.67. The molecule has 1 N–H and O–H groups in total. The number of amides is 2. The van der Waals surface area contributed by atoms with E-state index in [0.29, 0.717) is 18.1 Å². The van der Waals surface area contributed by atoms with Crippen molar-refractivity contribution in [2.45, 2.75) is 58.2 Å². The zero-order valence-corrected chi connectivity index (χ0v) is 14.1. The number of piperazine rings is 1. The molecule has 0 spiro atoms. The second kappa shape index (κ2) is 6.46. The summed E-state index contributed by atoms with van der Waals surface area (Å²) in [5.74, 6) is 0.954. The summed E-state index contributed by atoms with van der Waals surface area (Å²) in [7, 11) is -0.876. The third kappa shape index (κ3) is 3.65.